The van der Waals surface area contributed by atoms with E-state index in [1.165, 1.54) is 12.1 Å². The zero-order valence-corrected chi connectivity index (χ0v) is 12.4. The van der Waals surface area contributed by atoms with Gasteiger partial charge in [-0.3, -0.25) is 10.1 Å². The van der Waals surface area contributed by atoms with Gasteiger partial charge in [-0.05, 0) is 17.7 Å². The topological polar surface area (TPSA) is 47.0 Å². The first-order chi connectivity index (χ1) is 11.2. The molecule has 23 heavy (non-hydrogen) atoms. The Balaban J connectivity index is 2.09. The predicted molar refractivity (Wildman–Crippen MR) is 89.4 cm³/mol. The maximum atomic E-state index is 10.8. The molecule has 0 fully saturated rings. The van der Waals surface area contributed by atoms with Crippen LogP contribution in [0.25, 0.3) is 11.8 Å². The van der Waals surface area contributed by atoms with Crippen LogP contribution in [0, 0.1) is 10.1 Å². The van der Waals surface area contributed by atoms with Gasteiger partial charge < -0.3 is 0 Å². The van der Waals surface area contributed by atoms with Gasteiger partial charge in [0.25, 0.3) is 5.69 Å². The van der Waals surface area contributed by atoms with E-state index < -0.39 is 0 Å². The van der Waals surface area contributed by atoms with Gasteiger partial charge in [0.2, 0.25) is 5.70 Å². The van der Waals surface area contributed by atoms with Crippen molar-refractivity contribution in [3.05, 3.63) is 106 Å². The minimum Gasteiger partial charge on any atom is -0.258 e. The number of hydrogen-bond donors (Lipinski definition) is 0. The number of aromatic nitrogens is 1. The van der Waals surface area contributed by atoms with E-state index in [1.54, 1.807) is 12.1 Å². The third-order valence-corrected chi connectivity index (χ3v) is 3.47. The number of pyridine rings is 1. The summed E-state index contributed by atoms with van der Waals surface area (Å²) in [6, 6.07) is 22.4. The summed E-state index contributed by atoms with van der Waals surface area (Å²) in [7, 11) is 0. The summed E-state index contributed by atoms with van der Waals surface area (Å²) in [5.74, 6) is 0. The SMILES string of the molecule is O=[N+]([O-])c1ccc(C(=Cc2ccccc2)[n+]2ccccc2)cc1. The monoisotopic (exact) mass is 303 g/mol. The van der Waals surface area contributed by atoms with Gasteiger partial charge in [0.1, 0.15) is 0 Å². The second-order valence-corrected chi connectivity index (χ2v) is 5.03. The molecule has 0 amide bonds. The van der Waals surface area contributed by atoms with Crippen molar-refractivity contribution in [2.45, 2.75) is 0 Å². The number of nitro benzene ring substituents is 1. The lowest BCUT2D eigenvalue weighted by atomic mass is 10.1. The van der Waals surface area contributed by atoms with Crippen molar-refractivity contribution in [2.75, 3.05) is 0 Å². The van der Waals surface area contributed by atoms with Gasteiger partial charge >= 0.3 is 0 Å². The number of nitrogens with zero attached hydrogens (tertiary/aromatic N) is 2. The standard InChI is InChI=1S/C19H15N2O2/c22-21(23)18-11-9-17(10-12-18)19(20-13-5-2-6-14-20)15-16-7-3-1-4-8-16/h1-15H/q+1. The Morgan fingerprint density at radius 2 is 1.48 bits per heavy atom. The van der Waals surface area contributed by atoms with E-state index >= 15 is 0 Å². The maximum absolute atomic E-state index is 10.8. The highest BCUT2D eigenvalue weighted by Crippen LogP contribution is 2.19. The van der Waals surface area contributed by atoms with Crippen LogP contribution in [0.4, 0.5) is 5.69 Å². The van der Waals surface area contributed by atoms with E-state index in [1.807, 2.05) is 65.5 Å². The van der Waals surface area contributed by atoms with E-state index in [-0.39, 0.29) is 10.6 Å². The fourth-order valence-corrected chi connectivity index (χ4v) is 2.33. The van der Waals surface area contributed by atoms with Gasteiger partial charge in [0.15, 0.2) is 12.4 Å². The van der Waals surface area contributed by atoms with E-state index in [0.29, 0.717) is 0 Å². The lowest BCUT2D eigenvalue weighted by molar-refractivity contribution is -0.578. The molecule has 0 aliphatic carbocycles. The van der Waals surface area contributed by atoms with Crippen molar-refractivity contribution in [2.24, 2.45) is 0 Å². The number of hydrogen-bond acceptors (Lipinski definition) is 2. The molecule has 0 spiro atoms. The lowest BCUT2D eigenvalue weighted by Gasteiger charge is -2.03. The molecule has 0 aliphatic heterocycles. The van der Waals surface area contributed by atoms with Crippen LogP contribution in [0.2, 0.25) is 0 Å². The average Bonchev–Trinajstić information content (AvgIpc) is 2.61. The van der Waals surface area contributed by atoms with Crippen molar-refractivity contribution in [1.29, 1.82) is 0 Å². The number of nitro groups is 1. The minimum absolute atomic E-state index is 0.0888. The highest BCUT2D eigenvalue weighted by atomic mass is 16.6. The Labute approximate surface area is 134 Å². The Morgan fingerprint density at radius 1 is 0.870 bits per heavy atom. The van der Waals surface area contributed by atoms with Crippen LogP contribution in [0.5, 0.6) is 0 Å². The number of rotatable bonds is 4. The molecule has 0 saturated carbocycles. The first kappa shape index (κ1) is 14.7. The van der Waals surface area contributed by atoms with Crippen molar-refractivity contribution < 1.29 is 9.49 Å². The smallest absolute Gasteiger partial charge is 0.258 e. The molecule has 0 saturated heterocycles. The first-order valence-electron chi connectivity index (χ1n) is 7.22. The summed E-state index contributed by atoms with van der Waals surface area (Å²) in [5.41, 5.74) is 3.02. The maximum Gasteiger partial charge on any atom is 0.269 e. The largest absolute Gasteiger partial charge is 0.269 e. The quantitative estimate of drug-likeness (QED) is 0.317. The summed E-state index contributed by atoms with van der Waals surface area (Å²) >= 11 is 0. The molecule has 3 rings (SSSR count). The molecule has 4 nitrogen and oxygen atoms in total. The van der Waals surface area contributed by atoms with Crippen LogP contribution >= 0.6 is 0 Å². The second-order valence-electron chi connectivity index (χ2n) is 5.03. The van der Waals surface area contributed by atoms with Gasteiger partial charge in [0.05, 0.1) is 4.92 Å². The van der Waals surface area contributed by atoms with Crippen molar-refractivity contribution in [3.8, 4) is 0 Å². The highest BCUT2D eigenvalue weighted by Gasteiger charge is 2.14. The summed E-state index contributed by atoms with van der Waals surface area (Å²) in [6.45, 7) is 0. The van der Waals surface area contributed by atoms with E-state index in [9.17, 15) is 10.1 Å². The highest BCUT2D eigenvalue weighted by molar-refractivity contribution is 5.76. The fraction of sp³-hybridized carbons (Fsp3) is 0. The van der Waals surface area contributed by atoms with Gasteiger partial charge in [-0.1, -0.05) is 36.4 Å². The second kappa shape index (κ2) is 6.66. The molecule has 3 aromatic rings. The Morgan fingerprint density at radius 3 is 2.09 bits per heavy atom. The van der Waals surface area contributed by atoms with Crippen LogP contribution in [0.15, 0.2) is 85.2 Å². The molecule has 0 atom stereocenters. The average molecular weight is 303 g/mol. The third-order valence-electron chi connectivity index (χ3n) is 3.47. The van der Waals surface area contributed by atoms with Crippen LogP contribution < -0.4 is 4.57 Å². The van der Waals surface area contributed by atoms with Crippen molar-refractivity contribution in [1.82, 2.24) is 0 Å². The number of benzene rings is 2. The van der Waals surface area contributed by atoms with Crippen molar-refractivity contribution >= 4 is 17.5 Å². The zero-order valence-electron chi connectivity index (χ0n) is 12.4. The van der Waals surface area contributed by atoms with Crippen LogP contribution in [-0.4, -0.2) is 4.92 Å². The van der Waals surface area contributed by atoms with Crippen LogP contribution in [-0.2, 0) is 0 Å². The molecule has 2 aromatic carbocycles. The van der Waals surface area contributed by atoms with Gasteiger partial charge in [-0.2, -0.15) is 4.57 Å². The summed E-state index contributed by atoms with van der Waals surface area (Å²) in [4.78, 5) is 10.4. The number of non-ortho nitro benzene ring substituents is 1. The fourth-order valence-electron chi connectivity index (χ4n) is 2.33. The van der Waals surface area contributed by atoms with E-state index in [4.69, 9.17) is 0 Å². The molecule has 0 bridgehead atoms. The van der Waals surface area contributed by atoms with Crippen LogP contribution in [0.1, 0.15) is 11.1 Å². The van der Waals surface area contributed by atoms with Crippen molar-refractivity contribution in [3.63, 3.8) is 0 Å². The van der Waals surface area contributed by atoms with E-state index in [0.717, 1.165) is 16.8 Å². The molecular weight excluding hydrogens is 288 g/mol. The minimum atomic E-state index is -0.389. The predicted octanol–water partition coefficient (Wildman–Crippen LogP) is 3.93. The summed E-state index contributed by atoms with van der Waals surface area (Å²) in [5, 5.41) is 10.8. The summed E-state index contributed by atoms with van der Waals surface area (Å²) < 4.78 is 1.99. The zero-order chi connectivity index (χ0) is 16.1. The van der Waals surface area contributed by atoms with Gasteiger partial charge in [-0.25, -0.2) is 0 Å². The summed E-state index contributed by atoms with van der Waals surface area (Å²) in [6.07, 6.45) is 5.97. The molecule has 4 heteroatoms. The lowest BCUT2D eigenvalue weighted by Crippen LogP contribution is -2.31. The molecule has 0 unspecified atom stereocenters. The molecule has 0 aliphatic rings. The van der Waals surface area contributed by atoms with Gasteiger partial charge in [0, 0.05) is 35.9 Å². The Hall–Kier alpha value is -3.27. The molecule has 112 valence electrons. The Bertz CT molecular complexity index is 826. The molecule has 0 N–H and O–H groups in total. The third kappa shape index (κ3) is 3.49. The normalized spacial score (nSPS) is 11.2. The van der Waals surface area contributed by atoms with Gasteiger partial charge in [-0.15, -0.1) is 0 Å². The Kier molecular flexibility index (Phi) is 4.25. The molecule has 1 aromatic heterocycles. The molecule has 0 radical (unpaired) electrons. The first-order valence-corrected chi connectivity index (χ1v) is 7.22. The molecular formula is C19H15N2O2+. The van der Waals surface area contributed by atoms with Crippen LogP contribution in [0.3, 0.4) is 0 Å². The van der Waals surface area contributed by atoms with E-state index in [2.05, 4.69) is 6.08 Å². The molecule has 1 heterocycles.